The van der Waals surface area contributed by atoms with Crippen molar-refractivity contribution in [3.8, 4) is 11.3 Å². The Balaban J connectivity index is 1.65. The lowest BCUT2D eigenvalue weighted by molar-refractivity contribution is 0.612. The third kappa shape index (κ3) is 2.99. The zero-order valence-corrected chi connectivity index (χ0v) is 13.1. The second kappa shape index (κ2) is 6.20. The van der Waals surface area contributed by atoms with Crippen LogP contribution in [0.5, 0.6) is 0 Å². The average Bonchev–Trinajstić information content (AvgIpc) is 3.05. The molecule has 0 unspecified atom stereocenters. The van der Waals surface area contributed by atoms with Gasteiger partial charge in [-0.1, -0.05) is 48.5 Å². The molecule has 2 heterocycles. The number of aromatic nitrogens is 4. The molecule has 25 heavy (non-hydrogen) atoms. The van der Waals surface area contributed by atoms with Gasteiger partial charge in [0.1, 0.15) is 5.82 Å². The first kappa shape index (κ1) is 15.1. The smallest absolute Gasteiger partial charge is 0.274 e. The van der Waals surface area contributed by atoms with E-state index in [2.05, 4.69) is 20.4 Å². The van der Waals surface area contributed by atoms with Gasteiger partial charge in [0.25, 0.3) is 11.3 Å². The van der Waals surface area contributed by atoms with Gasteiger partial charge >= 0.3 is 0 Å². The van der Waals surface area contributed by atoms with Crippen molar-refractivity contribution in [2.75, 3.05) is 5.32 Å². The minimum atomic E-state index is -0.298. The number of benzene rings is 2. The van der Waals surface area contributed by atoms with E-state index in [1.54, 1.807) is 18.2 Å². The second-order valence-electron chi connectivity index (χ2n) is 5.50. The molecule has 0 aliphatic rings. The summed E-state index contributed by atoms with van der Waals surface area (Å²) in [5.41, 5.74) is 1.63. The van der Waals surface area contributed by atoms with Crippen molar-refractivity contribution in [3.05, 3.63) is 82.4 Å². The Labute approximate surface area is 142 Å². The number of hydrogen-bond acceptors (Lipinski definition) is 4. The molecule has 0 amide bonds. The molecule has 0 atom stereocenters. The fourth-order valence-electron chi connectivity index (χ4n) is 2.54. The normalized spacial score (nSPS) is 10.9. The Bertz CT molecular complexity index is 1090. The first-order chi connectivity index (χ1) is 12.2. The van der Waals surface area contributed by atoms with Gasteiger partial charge in [0.2, 0.25) is 5.95 Å². The number of fused-ring (bicyclic) bond motifs is 1. The largest absolute Gasteiger partial charge is 0.350 e. The highest BCUT2D eigenvalue weighted by molar-refractivity contribution is 5.60. The summed E-state index contributed by atoms with van der Waals surface area (Å²) in [4.78, 5) is 21.0. The van der Waals surface area contributed by atoms with E-state index in [1.807, 2.05) is 30.3 Å². The quantitative estimate of drug-likeness (QED) is 0.601. The average molecular weight is 335 g/mol. The van der Waals surface area contributed by atoms with Crippen molar-refractivity contribution in [1.29, 1.82) is 0 Å². The number of aromatic amines is 1. The molecule has 0 radical (unpaired) electrons. The molecule has 7 heteroatoms. The van der Waals surface area contributed by atoms with Crippen LogP contribution in [0.2, 0.25) is 0 Å². The molecule has 2 aromatic carbocycles. The molecule has 0 bridgehead atoms. The summed E-state index contributed by atoms with van der Waals surface area (Å²) in [7, 11) is 0. The summed E-state index contributed by atoms with van der Waals surface area (Å²) in [6.45, 7) is 0.243. The minimum Gasteiger partial charge on any atom is -0.350 e. The molecule has 0 aliphatic heterocycles. The zero-order chi connectivity index (χ0) is 17.2. The van der Waals surface area contributed by atoms with Gasteiger partial charge in [0.05, 0.1) is 5.69 Å². The van der Waals surface area contributed by atoms with Crippen LogP contribution < -0.4 is 10.9 Å². The number of nitrogens with zero attached hydrogens (tertiary/aromatic N) is 3. The number of hydrogen-bond donors (Lipinski definition) is 2. The highest BCUT2D eigenvalue weighted by Gasteiger charge is 2.09. The van der Waals surface area contributed by atoms with Crippen LogP contribution in [0.1, 0.15) is 5.56 Å². The lowest BCUT2D eigenvalue weighted by Crippen LogP contribution is -2.14. The van der Waals surface area contributed by atoms with E-state index in [-0.39, 0.29) is 23.7 Å². The predicted octanol–water partition coefficient (Wildman–Crippen LogP) is 2.84. The Morgan fingerprint density at radius 3 is 2.60 bits per heavy atom. The van der Waals surface area contributed by atoms with E-state index in [9.17, 15) is 9.18 Å². The van der Waals surface area contributed by atoms with Crippen LogP contribution in [-0.4, -0.2) is 19.6 Å². The van der Waals surface area contributed by atoms with Crippen molar-refractivity contribution in [3.63, 3.8) is 0 Å². The van der Waals surface area contributed by atoms with Crippen LogP contribution in [0.3, 0.4) is 0 Å². The van der Waals surface area contributed by atoms with Crippen molar-refractivity contribution in [1.82, 2.24) is 19.6 Å². The first-order valence-corrected chi connectivity index (χ1v) is 7.73. The Kier molecular flexibility index (Phi) is 3.74. The summed E-state index contributed by atoms with van der Waals surface area (Å²) >= 11 is 0. The molecule has 4 rings (SSSR count). The van der Waals surface area contributed by atoms with Crippen LogP contribution in [0.15, 0.2) is 65.5 Å². The Morgan fingerprint density at radius 1 is 1.04 bits per heavy atom. The maximum atomic E-state index is 13.7. The molecule has 0 spiro atoms. The molecule has 0 fully saturated rings. The van der Waals surface area contributed by atoms with Crippen LogP contribution in [0.4, 0.5) is 10.3 Å². The predicted molar refractivity (Wildman–Crippen MR) is 92.8 cm³/mol. The molecule has 2 N–H and O–H groups in total. The standard InChI is InChI=1S/C18H14FN5O/c19-14-9-5-4-8-13(14)11-20-17-22-18-21-15(10-16(25)24(18)23-17)12-6-2-1-3-7-12/h1-10H,11H2,(H2,20,21,22,23). The lowest BCUT2D eigenvalue weighted by atomic mass is 10.1. The second-order valence-corrected chi connectivity index (χ2v) is 5.50. The molecule has 2 aromatic heterocycles. The number of H-pyrrole nitrogens is 1. The summed E-state index contributed by atoms with van der Waals surface area (Å²) in [6.07, 6.45) is 0. The van der Waals surface area contributed by atoms with E-state index in [1.165, 1.54) is 16.6 Å². The highest BCUT2D eigenvalue weighted by Crippen LogP contribution is 2.15. The number of anilines is 1. The molecule has 124 valence electrons. The van der Waals surface area contributed by atoms with E-state index in [4.69, 9.17) is 0 Å². The van der Waals surface area contributed by atoms with Crippen molar-refractivity contribution in [2.24, 2.45) is 0 Å². The first-order valence-electron chi connectivity index (χ1n) is 7.73. The maximum absolute atomic E-state index is 13.7. The SMILES string of the molecule is O=c1cc(-c2ccccc2)nc2nc(NCc3ccccc3F)[nH]n12. The molecule has 6 nitrogen and oxygen atoms in total. The summed E-state index contributed by atoms with van der Waals surface area (Å²) in [5, 5.41) is 5.80. The van der Waals surface area contributed by atoms with E-state index >= 15 is 0 Å². The topological polar surface area (TPSA) is 75.1 Å². The molecule has 0 saturated carbocycles. The van der Waals surface area contributed by atoms with Gasteiger partial charge in [-0.05, 0) is 6.07 Å². The molecule has 0 saturated heterocycles. The summed E-state index contributed by atoms with van der Waals surface area (Å²) in [5.74, 6) is 0.299. The van der Waals surface area contributed by atoms with Crippen molar-refractivity contribution in [2.45, 2.75) is 6.54 Å². The lowest BCUT2D eigenvalue weighted by Gasteiger charge is -2.03. The van der Waals surface area contributed by atoms with Gasteiger partial charge in [-0.15, -0.1) is 0 Å². The molecular weight excluding hydrogens is 321 g/mol. The van der Waals surface area contributed by atoms with Gasteiger partial charge in [0, 0.05) is 23.7 Å². The number of nitrogens with one attached hydrogen (secondary N) is 2. The highest BCUT2D eigenvalue weighted by atomic mass is 19.1. The minimum absolute atomic E-state index is 0.243. The molecule has 4 aromatic rings. The Morgan fingerprint density at radius 2 is 1.80 bits per heavy atom. The van der Waals surface area contributed by atoms with Crippen LogP contribution in [0.25, 0.3) is 17.0 Å². The van der Waals surface area contributed by atoms with Crippen molar-refractivity contribution >= 4 is 11.7 Å². The van der Waals surface area contributed by atoms with Gasteiger partial charge in [-0.2, -0.15) is 9.50 Å². The molecular formula is C18H14FN5O. The number of rotatable bonds is 4. The van der Waals surface area contributed by atoms with Gasteiger partial charge in [-0.3, -0.25) is 9.89 Å². The monoisotopic (exact) mass is 335 g/mol. The van der Waals surface area contributed by atoms with Gasteiger partial charge < -0.3 is 5.32 Å². The maximum Gasteiger partial charge on any atom is 0.274 e. The van der Waals surface area contributed by atoms with Crippen LogP contribution >= 0.6 is 0 Å². The Hall–Kier alpha value is -3.48. The zero-order valence-electron chi connectivity index (χ0n) is 13.1. The van der Waals surface area contributed by atoms with Crippen LogP contribution in [-0.2, 0) is 6.54 Å². The van der Waals surface area contributed by atoms with Gasteiger partial charge in [-0.25, -0.2) is 9.37 Å². The van der Waals surface area contributed by atoms with Crippen molar-refractivity contribution < 1.29 is 4.39 Å². The molecule has 0 aliphatic carbocycles. The van der Waals surface area contributed by atoms with E-state index in [0.29, 0.717) is 17.2 Å². The van der Waals surface area contributed by atoms with E-state index < -0.39 is 0 Å². The summed E-state index contributed by atoms with van der Waals surface area (Å²) in [6, 6.07) is 17.3. The number of halogens is 1. The fraction of sp³-hybridized carbons (Fsp3) is 0.0556. The van der Waals surface area contributed by atoms with Crippen LogP contribution in [0, 0.1) is 5.82 Å². The fourth-order valence-corrected chi connectivity index (χ4v) is 2.54. The summed E-state index contributed by atoms with van der Waals surface area (Å²) < 4.78 is 14.9. The third-order valence-corrected chi connectivity index (χ3v) is 3.80. The van der Waals surface area contributed by atoms with E-state index in [0.717, 1.165) is 5.56 Å². The third-order valence-electron chi connectivity index (χ3n) is 3.80. The van der Waals surface area contributed by atoms with Gasteiger partial charge in [0.15, 0.2) is 0 Å².